The molecule has 2 amide bonds. The predicted octanol–water partition coefficient (Wildman–Crippen LogP) is 4.14. The number of carbonyl (C=O) groups is 2. The lowest BCUT2D eigenvalue weighted by Gasteiger charge is -2.33. The minimum atomic E-state index is -4.48. The molecule has 1 aromatic rings. The first kappa shape index (κ1) is 21.5. The first-order chi connectivity index (χ1) is 13.7. The van der Waals surface area contributed by atoms with E-state index in [2.05, 4.69) is 5.32 Å². The van der Waals surface area contributed by atoms with Crippen LogP contribution in [0.15, 0.2) is 18.2 Å². The summed E-state index contributed by atoms with van der Waals surface area (Å²) in [6.45, 7) is 6.07. The Kier molecular flexibility index (Phi) is 6.39. The van der Waals surface area contributed by atoms with Gasteiger partial charge in [0.05, 0.1) is 22.9 Å². The Balaban J connectivity index is 1.80. The Morgan fingerprint density at radius 1 is 1.10 bits per heavy atom. The normalized spacial score (nSPS) is 20.3. The monoisotopic (exact) mass is 411 g/mol. The van der Waals surface area contributed by atoms with E-state index in [1.165, 1.54) is 6.07 Å². The maximum atomic E-state index is 13.2. The van der Waals surface area contributed by atoms with Crippen LogP contribution in [-0.4, -0.2) is 42.9 Å². The lowest BCUT2D eigenvalue weighted by Crippen LogP contribution is -2.45. The molecule has 2 aliphatic rings. The van der Waals surface area contributed by atoms with Gasteiger partial charge >= 0.3 is 6.18 Å². The van der Waals surface area contributed by atoms with Crippen LogP contribution < -0.4 is 10.2 Å². The summed E-state index contributed by atoms with van der Waals surface area (Å²) in [5.41, 5.74) is 0.0322. The number of hydrogen-bond donors (Lipinski definition) is 1. The summed E-state index contributed by atoms with van der Waals surface area (Å²) in [5.74, 6) is -0.903. The van der Waals surface area contributed by atoms with Crippen LogP contribution in [0.5, 0.6) is 0 Å². The minimum Gasteiger partial charge on any atom is -0.370 e. The standard InChI is InChI=1S/C21H28F3N3O2/c1-14(2)20(29)27-11-5-6-15(13-27)19(28)25-17-12-16(21(22,23)24)7-8-18(17)26-9-3-4-10-26/h7-8,12,14-15H,3-6,9-11,13H2,1-2H3,(H,25,28). The Morgan fingerprint density at radius 2 is 1.79 bits per heavy atom. The van der Waals surface area contributed by atoms with E-state index in [1.54, 1.807) is 4.90 Å². The largest absolute Gasteiger partial charge is 0.416 e. The van der Waals surface area contributed by atoms with Crippen molar-refractivity contribution in [2.75, 3.05) is 36.4 Å². The molecule has 5 nitrogen and oxygen atoms in total. The lowest BCUT2D eigenvalue weighted by atomic mass is 9.96. The van der Waals surface area contributed by atoms with Crippen LogP contribution in [0.4, 0.5) is 24.5 Å². The number of benzene rings is 1. The summed E-state index contributed by atoms with van der Waals surface area (Å²) in [4.78, 5) is 28.8. The van der Waals surface area contributed by atoms with Crippen molar-refractivity contribution in [3.05, 3.63) is 23.8 Å². The molecule has 0 saturated carbocycles. The van der Waals surface area contributed by atoms with Gasteiger partial charge in [-0.15, -0.1) is 0 Å². The Bertz CT molecular complexity index is 758. The van der Waals surface area contributed by atoms with Gasteiger partial charge in [-0.05, 0) is 43.9 Å². The van der Waals surface area contributed by atoms with Crippen LogP contribution in [0.2, 0.25) is 0 Å². The third-order valence-corrected chi connectivity index (χ3v) is 5.63. The van der Waals surface area contributed by atoms with Gasteiger partial charge in [-0.1, -0.05) is 13.8 Å². The Labute approximate surface area is 169 Å². The van der Waals surface area contributed by atoms with Crippen LogP contribution in [0.25, 0.3) is 0 Å². The predicted molar refractivity (Wildman–Crippen MR) is 106 cm³/mol. The van der Waals surface area contributed by atoms with E-state index >= 15 is 0 Å². The molecule has 2 heterocycles. The van der Waals surface area contributed by atoms with Crippen molar-refractivity contribution < 1.29 is 22.8 Å². The molecule has 1 atom stereocenters. The smallest absolute Gasteiger partial charge is 0.370 e. The van der Waals surface area contributed by atoms with Crippen molar-refractivity contribution in [2.24, 2.45) is 11.8 Å². The van der Waals surface area contributed by atoms with Crippen molar-refractivity contribution in [3.8, 4) is 0 Å². The molecule has 2 saturated heterocycles. The maximum Gasteiger partial charge on any atom is 0.416 e. The van der Waals surface area contributed by atoms with Crippen molar-refractivity contribution in [1.82, 2.24) is 4.90 Å². The number of amides is 2. The maximum absolute atomic E-state index is 13.2. The number of likely N-dealkylation sites (tertiary alicyclic amines) is 1. The van der Waals surface area contributed by atoms with Crippen LogP contribution in [-0.2, 0) is 15.8 Å². The van der Waals surface area contributed by atoms with E-state index in [-0.39, 0.29) is 23.4 Å². The van der Waals surface area contributed by atoms with Crippen molar-refractivity contribution >= 4 is 23.2 Å². The van der Waals surface area contributed by atoms with Gasteiger partial charge in [0.25, 0.3) is 0 Å². The molecule has 29 heavy (non-hydrogen) atoms. The average molecular weight is 411 g/mol. The second kappa shape index (κ2) is 8.63. The van der Waals surface area contributed by atoms with Gasteiger partial charge in [-0.2, -0.15) is 13.2 Å². The number of alkyl halides is 3. The quantitative estimate of drug-likeness (QED) is 0.810. The Hall–Kier alpha value is -2.25. The van der Waals surface area contributed by atoms with Gasteiger partial charge in [0.2, 0.25) is 11.8 Å². The molecule has 1 aromatic carbocycles. The topological polar surface area (TPSA) is 52.7 Å². The fraction of sp³-hybridized carbons (Fsp3) is 0.619. The SMILES string of the molecule is CC(C)C(=O)N1CCCC(C(=O)Nc2cc(C(F)(F)F)ccc2N2CCCC2)C1. The number of rotatable bonds is 4. The van der Waals surface area contributed by atoms with Gasteiger partial charge in [-0.3, -0.25) is 9.59 Å². The highest BCUT2D eigenvalue weighted by Gasteiger charge is 2.33. The number of halogens is 3. The van der Waals surface area contributed by atoms with Crippen molar-refractivity contribution in [1.29, 1.82) is 0 Å². The number of nitrogens with one attached hydrogen (secondary N) is 1. The van der Waals surface area contributed by atoms with Crippen molar-refractivity contribution in [2.45, 2.75) is 45.7 Å². The Morgan fingerprint density at radius 3 is 2.41 bits per heavy atom. The van der Waals surface area contributed by atoms with E-state index in [0.717, 1.165) is 38.1 Å². The molecule has 2 aliphatic heterocycles. The number of piperidine rings is 1. The fourth-order valence-corrected chi connectivity index (χ4v) is 4.04. The third-order valence-electron chi connectivity index (χ3n) is 5.63. The minimum absolute atomic E-state index is 0.000625. The molecule has 0 bridgehead atoms. The fourth-order valence-electron chi connectivity index (χ4n) is 4.04. The van der Waals surface area contributed by atoms with Gasteiger partial charge in [0, 0.05) is 32.1 Å². The molecule has 0 spiro atoms. The summed E-state index contributed by atoms with van der Waals surface area (Å²) >= 11 is 0. The number of nitrogens with zero attached hydrogens (tertiary/aromatic N) is 2. The molecule has 160 valence electrons. The summed E-state index contributed by atoms with van der Waals surface area (Å²) in [7, 11) is 0. The summed E-state index contributed by atoms with van der Waals surface area (Å²) < 4.78 is 39.6. The first-order valence-corrected chi connectivity index (χ1v) is 10.2. The highest BCUT2D eigenvalue weighted by molar-refractivity contribution is 5.96. The molecular weight excluding hydrogens is 383 g/mol. The zero-order valence-electron chi connectivity index (χ0n) is 16.9. The molecule has 1 N–H and O–H groups in total. The summed E-state index contributed by atoms with van der Waals surface area (Å²) in [5, 5.41) is 2.74. The van der Waals surface area contributed by atoms with Gasteiger partial charge in [0.15, 0.2) is 0 Å². The molecule has 1 unspecified atom stereocenters. The van der Waals surface area contributed by atoms with E-state index in [9.17, 15) is 22.8 Å². The first-order valence-electron chi connectivity index (χ1n) is 10.2. The van der Waals surface area contributed by atoms with Crippen LogP contribution in [0.3, 0.4) is 0 Å². The number of anilines is 2. The lowest BCUT2D eigenvalue weighted by molar-refractivity contribution is -0.138. The second-order valence-corrected chi connectivity index (χ2v) is 8.19. The molecular formula is C21H28F3N3O2. The van der Waals surface area contributed by atoms with Gasteiger partial charge in [-0.25, -0.2) is 0 Å². The van der Waals surface area contributed by atoms with Gasteiger partial charge in [0.1, 0.15) is 0 Å². The van der Waals surface area contributed by atoms with Crippen molar-refractivity contribution in [3.63, 3.8) is 0 Å². The van der Waals surface area contributed by atoms with E-state index in [0.29, 0.717) is 31.6 Å². The molecule has 3 rings (SSSR count). The highest BCUT2D eigenvalue weighted by Crippen LogP contribution is 2.37. The molecule has 0 aliphatic carbocycles. The van der Waals surface area contributed by atoms with E-state index in [1.807, 2.05) is 18.7 Å². The summed E-state index contributed by atoms with van der Waals surface area (Å²) in [6, 6.07) is 3.53. The zero-order valence-corrected chi connectivity index (χ0v) is 16.9. The molecule has 0 aromatic heterocycles. The van der Waals surface area contributed by atoms with E-state index in [4.69, 9.17) is 0 Å². The summed E-state index contributed by atoms with van der Waals surface area (Å²) in [6.07, 6.45) is -1.20. The zero-order chi connectivity index (χ0) is 21.2. The molecule has 0 radical (unpaired) electrons. The second-order valence-electron chi connectivity index (χ2n) is 8.19. The highest BCUT2D eigenvalue weighted by atomic mass is 19.4. The molecule has 2 fully saturated rings. The van der Waals surface area contributed by atoms with Crippen LogP contribution in [0, 0.1) is 11.8 Å². The van der Waals surface area contributed by atoms with Crippen LogP contribution >= 0.6 is 0 Å². The third kappa shape index (κ3) is 5.03. The average Bonchev–Trinajstić information content (AvgIpc) is 3.21. The number of hydrogen-bond acceptors (Lipinski definition) is 3. The number of carbonyl (C=O) groups excluding carboxylic acids is 2. The van der Waals surface area contributed by atoms with Gasteiger partial charge < -0.3 is 15.1 Å². The van der Waals surface area contributed by atoms with E-state index < -0.39 is 17.7 Å². The van der Waals surface area contributed by atoms with Crippen LogP contribution in [0.1, 0.15) is 45.1 Å². The molecule has 8 heteroatoms.